The van der Waals surface area contributed by atoms with E-state index in [1.165, 1.54) is 30.0 Å². The zero-order valence-corrected chi connectivity index (χ0v) is 17.0. The molecule has 0 unspecified atom stereocenters. The topological polar surface area (TPSA) is 101 Å². The van der Waals surface area contributed by atoms with Crippen molar-refractivity contribution in [3.8, 4) is 22.9 Å². The van der Waals surface area contributed by atoms with Gasteiger partial charge in [0.1, 0.15) is 0 Å². The Morgan fingerprint density at radius 2 is 1.68 bits per heavy atom. The molecule has 3 aromatic carbocycles. The molecule has 0 aliphatic heterocycles. The molecule has 0 atom stereocenters. The van der Waals surface area contributed by atoms with E-state index in [0.717, 1.165) is 16.5 Å². The molecule has 2 aromatic heterocycles. The second kappa shape index (κ2) is 7.73. The van der Waals surface area contributed by atoms with Gasteiger partial charge in [-0.2, -0.15) is 4.52 Å². The first-order valence-electron chi connectivity index (χ1n) is 9.49. The Kier molecular flexibility index (Phi) is 4.76. The summed E-state index contributed by atoms with van der Waals surface area (Å²) in [5.41, 5.74) is 2.63. The first-order chi connectivity index (χ1) is 15.1. The van der Waals surface area contributed by atoms with Crippen molar-refractivity contribution in [2.24, 2.45) is 0 Å². The van der Waals surface area contributed by atoms with Crippen molar-refractivity contribution in [2.75, 3.05) is 5.75 Å². The summed E-state index contributed by atoms with van der Waals surface area (Å²) in [5.74, 6) is -0.128. The predicted molar refractivity (Wildman–Crippen MR) is 119 cm³/mol. The number of phenolic OH excluding ortho intramolecular Hbond substituents is 2. The van der Waals surface area contributed by atoms with Crippen LogP contribution in [0.2, 0.25) is 0 Å². The average Bonchev–Trinajstić information content (AvgIpc) is 3.26. The third kappa shape index (κ3) is 3.57. The number of benzene rings is 3. The largest absolute Gasteiger partial charge is 0.504 e. The first-order valence-corrected chi connectivity index (χ1v) is 10.5. The van der Waals surface area contributed by atoms with E-state index in [1.807, 2.05) is 54.6 Å². The summed E-state index contributed by atoms with van der Waals surface area (Å²) in [7, 11) is 0. The number of carbonyl (C=O) groups is 1. The number of para-hydroxylation sites is 1. The van der Waals surface area contributed by atoms with Gasteiger partial charge in [-0.1, -0.05) is 54.2 Å². The highest BCUT2D eigenvalue weighted by molar-refractivity contribution is 7.99. The van der Waals surface area contributed by atoms with Gasteiger partial charge < -0.3 is 10.2 Å². The molecule has 0 aliphatic rings. The number of Topliss-reactive ketones (excluding diaryl/α,β-unsaturated/α-hetero) is 1. The van der Waals surface area contributed by atoms with Crippen molar-refractivity contribution in [2.45, 2.75) is 5.16 Å². The van der Waals surface area contributed by atoms with Gasteiger partial charge in [-0.3, -0.25) is 4.79 Å². The molecule has 2 N–H and O–H groups in total. The van der Waals surface area contributed by atoms with Gasteiger partial charge in [0.2, 0.25) is 0 Å². The van der Waals surface area contributed by atoms with E-state index < -0.39 is 0 Å². The number of hydrogen-bond acceptors (Lipinski definition) is 7. The molecule has 5 rings (SSSR count). The second-order valence-corrected chi connectivity index (χ2v) is 7.81. The van der Waals surface area contributed by atoms with E-state index in [9.17, 15) is 15.0 Å². The monoisotopic (exact) mass is 428 g/mol. The minimum absolute atomic E-state index is 0.0885. The number of rotatable bonds is 5. The molecule has 0 bridgehead atoms. The van der Waals surface area contributed by atoms with Crippen molar-refractivity contribution in [1.29, 1.82) is 0 Å². The normalized spacial score (nSPS) is 11.2. The number of aromatic hydroxyl groups is 2. The average molecular weight is 428 g/mol. The number of phenols is 2. The van der Waals surface area contributed by atoms with Crippen LogP contribution in [0.25, 0.3) is 27.9 Å². The lowest BCUT2D eigenvalue weighted by atomic mass is 10.1. The molecule has 0 saturated heterocycles. The fraction of sp³-hybridized carbons (Fsp3) is 0.0435. The van der Waals surface area contributed by atoms with Crippen LogP contribution in [0.3, 0.4) is 0 Å². The summed E-state index contributed by atoms with van der Waals surface area (Å²) in [5, 5.41) is 25.2. The van der Waals surface area contributed by atoms with E-state index in [1.54, 1.807) is 4.52 Å². The van der Waals surface area contributed by atoms with E-state index in [4.69, 9.17) is 4.98 Å². The Morgan fingerprint density at radius 3 is 2.48 bits per heavy atom. The Labute approximate surface area is 181 Å². The third-order valence-electron chi connectivity index (χ3n) is 4.81. The highest BCUT2D eigenvalue weighted by Crippen LogP contribution is 2.28. The molecule has 152 valence electrons. The van der Waals surface area contributed by atoms with Crippen LogP contribution in [0.15, 0.2) is 78.0 Å². The number of thioether (sulfide) groups is 1. The lowest BCUT2D eigenvalue weighted by molar-refractivity contribution is 0.102. The van der Waals surface area contributed by atoms with Crippen LogP contribution in [0, 0.1) is 0 Å². The van der Waals surface area contributed by atoms with Gasteiger partial charge in [-0.05, 0) is 30.3 Å². The van der Waals surface area contributed by atoms with E-state index in [-0.39, 0.29) is 23.0 Å². The summed E-state index contributed by atoms with van der Waals surface area (Å²) < 4.78 is 1.66. The zero-order chi connectivity index (χ0) is 21.4. The summed E-state index contributed by atoms with van der Waals surface area (Å²) >= 11 is 1.24. The van der Waals surface area contributed by atoms with Gasteiger partial charge in [0.05, 0.1) is 11.3 Å². The van der Waals surface area contributed by atoms with Gasteiger partial charge >= 0.3 is 0 Å². The van der Waals surface area contributed by atoms with Gasteiger partial charge in [0, 0.05) is 16.5 Å². The smallest absolute Gasteiger partial charge is 0.192 e. The maximum Gasteiger partial charge on any atom is 0.192 e. The number of nitrogens with zero attached hydrogens (tertiary/aromatic N) is 4. The molecule has 0 radical (unpaired) electrons. The number of carbonyl (C=O) groups excluding carboxylic acids is 1. The quantitative estimate of drug-likeness (QED) is 0.186. The van der Waals surface area contributed by atoms with Crippen molar-refractivity contribution < 1.29 is 15.0 Å². The molecule has 5 aromatic rings. The second-order valence-electron chi connectivity index (χ2n) is 6.86. The van der Waals surface area contributed by atoms with Crippen LogP contribution in [-0.4, -0.2) is 41.3 Å². The number of aromatic nitrogens is 4. The Hall–Kier alpha value is -3.91. The molecule has 0 aliphatic carbocycles. The molecule has 0 fully saturated rings. The Morgan fingerprint density at radius 1 is 0.903 bits per heavy atom. The highest BCUT2D eigenvalue weighted by atomic mass is 32.2. The van der Waals surface area contributed by atoms with E-state index in [0.29, 0.717) is 22.2 Å². The van der Waals surface area contributed by atoms with Crippen molar-refractivity contribution in [3.63, 3.8) is 0 Å². The van der Waals surface area contributed by atoms with Crippen LogP contribution in [0.5, 0.6) is 11.5 Å². The summed E-state index contributed by atoms with van der Waals surface area (Å²) in [6, 6.07) is 21.4. The van der Waals surface area contributed by atoms with E-state index >= 15 is 0 Å². The maximum absolute atomic E-state index is 12.6. The molecule has 31 heavy (non-hydrogen) atoms. The molecular weight excluding hydrogens is 412 g/mol. The summed E-state index contributed by atoms with van der Waals surface area (Å²) in [6.45, 7) is 0. The minimum atomic E-state index is -0.328. The molecule has 2 heterocycles. The first kappa shape index (κ1) is 19.1. The van der Waals surface area contributed by atoms with Crippen molar-refractivity contribution in [3.05, 3.63) is 78.4 Å². The molecule has 0 saturated carbocycles. The van der Waals surface area contributed by atoms with Crippen LogP contribution in [0.1, 0.15) is 10.4 Å². The molecule has 7 nitrogen and oxygen atoms in total. The maximum atomic E-state index is 12.6. The zero-order valence-electron chi connectivity index (χ0n) is 16.1. The van der Waals surface area contributed by atoms with Gasteiger partial charge in [0.25, 0.3) is 0 Å². The summed E-state index contributed by atoms with van der Waals surface area (Å²) in [6.07, 6.45) is 0. The standard InChI is InChI=1S/C23H16N4O3S/c28-18-11-10-15(12-19(18)29)20(30)13-31-23-24-17-9-5-4-8-16(17)22-25-21(26-27(22)23)14-6-2-1-3-7-14/h1-12,28-29H,13H2. The lowest BCUT2D eigenvalue weighted by Crippen LogP contribution is -2.05. The molecular formula is C23H16N4O3S. The van der Waals surface area contributed by atoms with Crippen molar-refractivity contribution >= 4 is 34.1 Å². The number of fused-ring (bicyclic) bond motifs is 3. The fourth-order valence-corrected chi connectivity index (χ4v) is 4.08. The summed E-state index contributed by atoms with van der Waals surface area (Å²) in [4.78, 5) is 22.0. The van der Waals surface area contributed by atoms with Gasteiger partial charge in [0.15, 0.2) is 33.9 Å². The Balaban J connectivity index is 1.54. The van der Waals surface area contributed by atoms with Crippen LogP contribution < -0.4 is 0 Å². The third-order valence-corrected chi connectivity index (χ3v) is 5.74. The molecule has 0 spiro atoms. The van der Waals surface area contributed by atoms with E-state index in [2.05, 4.69) is 10.1 Å². The highest BCUT2D eigenvalue weighted by Gasteiger charge is 2.17. The number of hydrogen-bond donors (Lipinski definition) is 2. The van der Waals surface area contributed by atoms with Gasteiger partial charge in [-0.15, -0.1) is 5.10 Å². The predicted octanol–water partition coefficient (Wildman–Crippen LogP) is 4.33. The molecule has 0 amide bonds. The Bertz CT molecular complexity index is 1430. The lowest BCUT2D eigenvalue weighted by Gasteiger charge is -2.06. The van der Waals surface area contributed by atoms with Crippen LogP contribution in [0.4, 0.5) is 0 Å². The van der Waals surface area contributed by atoms with Crippen LogP contribution >= 0.6 is 11.8 Å². The SMILES string of the molecule is O=C(CSc1nc2ccccc2c2nc(-c3ccccc3)nn12)c1ccc(O)c(O)c1. The van der Waals surface area contributed by atoms with Crippen molar-refractivity contribution in [1.82, 2.24) is 19.6 Å². The van der Waals surface area contributed by atoms with Gasteiger partial charge in [-0.25, -0.2) is 9.97 Å². The van der Waals surface area contributed by atoms with Crippen LogP contribution in [-0.2, 0) is 0 Å². The minimum Gasteiger partial charge on any atom is -0.504 e. The molecule has 8 heteroatoms. The fourth-order valence-electron chi connectivity index (χ4n) is 3.24. The number of ketones is 1.